The van der Waals surface area contributed by atoms with Crippen molar-refractivity contribution in [2.24, 2.45) is 0 Å². The summed E-state index contributed by atoms with van der Waals surface area (Å²) in [5.74, 6) is 1.31. The summed E-state index contributed by atoms with van der Waals surface area (Å²) in [6.45, 7) is 2.57. The molecular weight excluding hydrogens is 256 g/mol. The zero-order valence-electron chi connectivity index (χ0n) is 11.2. The Labute approximate surface area is 117 Å². The predicted molar refractivity (Wildman–Crippen MR) is 75.3 cm³/mol. The van der Waals surface area contributed by atoms with Crippen LogP contribution in [0.15, 0.2) is 54.6 Å². The van der Waals surface area contributed by atoms with E-state index in [1.807, 2.05) is 19.1 Å². The fourth-order valence-corrected chi connectivity index (χ4v) is 1.56. The van der Waals surface area contributed by atoms with Gasteiger partial charge in [0.15, 0.2) is 11.5 Å². The van der Waals surface area contributed by atoms with Crippen molar-refractivity contribution in [3.05, 3.63) is 54.6 Å². The average Bonchev–Trinajstić information content (AvgIpc) is 2.47. The van der Waals surface area contributed by atoms with Gasteiger partial charge >= 0.3 is 6.16 Å². The van der Waals surface area contributed by atoms with Crippen LogP contribution in [0.3, 0.4) is 0 Å². The van der Waals surface area contributed by atoms with Crippen LogP contribution in [0.25, 0.3) is 0 Å². The molecule has 0 radical (unpaired) electrons. The highest BCUT2D eigenvalue weighted by molar-refractivity contribution is 5.68. The van der Waals surface area contributed by atoms with Gasteiger partial charge in [-0.15, -0.1) is 0 Å². The second-order valence-corrected chi connectivity index (χ2v) is 4.06. The van der Waals surface area contributed by atoms with Gasteiger partial charge in [-0.05, 0) is 30.7 Å². The topological polar surface area (TPSA) is 44.8 Å². The molecule has 0 amide bonds. The number of hydrogen-bond donors (Lipinski definition) is 0. The van der Waals surface area contributed by atoms with E-state index in [-0.39, 0.29) is 0 Å². The molecule has 4 nitrogen and oxygen atoms in total. The van der Waals surface area contributed by atoms with E-state index in [9.17, 15) is 4.79 Å². The summed E-state index contributed by atoms with van der Waals surface area (Å²) in [5, 5.41) is 0. The largest absolute Gasteiger partial charge is 0.519 e. The summed E-state index contributed by atoms with van der Waals surface area (Å²) in [7, 11) is 0. The number of para-hydroxylation sites is 3. The highest BCUT2D eigenvalue weighted by Gasteiger charge is 2.11. The maximum Gasteiger partial charge on any atom is 0.519 e. The van der Waals surface area contributed by atoms with Gasteiger partial charge in [-0.1, -0.05) is 37.3 Å². The van der Waals surface area contributed by atoms with Crippen molar-refractivity contribution in [1.82, 2.24) is 0 Å². The monoisotopic (exact) mass is 272 g/mol. The van der Waals surface area contributed by atoms with Crippen LogP contribution in [0.1, 0.15) is 13.3 Å². The zero-order chi connectivity index (χ0) is 14.2. The van der Waals surface area contributed by atoms with Crippen LogP contribution in [0.5, 0.6) is 17.2 Å². The van der Waals surface area contributed by atoms with E-state index in [2.05, 4.69) is 0 Å². The second-order valence-electron chi connectivity index (χ2n) is 4.06. The van der Waals surface area contributed by atoms with Gasteiger partial charge in [-0.3, -0.25) is 0 Å². The minimum absolute atomic E-state index is 0.349. The third-order valence-electron chi connectivity index (χ3n) is 2.45. The van der Waals surface area contributed by atoms with Gasteiger partial charge < -0.3 is 14.2 Å². The summed E-state index contributed by atoms with van der Waals surface area (Å²) >= 11 is 0. The van der Waals surface area contributed by atoms with Crippen molar-refractivity contribution in [3.63, 3.8) is 0 Å². The summed E-state index contributed by atoms with van der Waals surface area (Å²) in [4.78, 5) is 11.7. The minimum atomic E-state index is -0.788. The van der Waals surface area contributed by atoms with Gasteiger partial charge in [0.2, 0.25) is 0 Å². The first-order valence-electron chi connectivity index (χ1n) is 6.46. The van der Waals surface area contributed by atoms with E-state index in [4.69, 9.17) is 14.2 Å². The number of carbonyl (C=O) groups excluding carboxylic acids is 1. The highest BCUT2D eigenvalue weighted by Crippen LogP contribution is 2.27. The molecule has 0 saturated heterocycles. The van der Waals surface area contributed by atoms with E-state index in [1.54, 1.807) is 42.5 Å². The van der Waals surface area contributed by atoms with Crippen molar-refractivity contribution in [3.8, 4) is 17.2 Å². The standard InChI is InChI=1S/C16H16O4/c1-2-12-18-14-10-6-7-11-15(14)20-16(17)19-13-8-4-3-5-9-13/h3-11H,2,12H2,1H3. The molecular formula is C16H16O4. The number of rotatable bonds is 5. The molecule has 0 fully saturated rings. The summed E-state index contributed by atoms with van der Waals surface area (Å²) in [6.07, 6.45) is 0.0896. The Morgan fingerprint density at radius 2 is 1.55 bits per heavy atom. The van der Waals surface area contributed by atoms with Crippen LogP contribution < -0.4 is 14.2 Å². The van der Waals surface area contributed by atoms with Crippen molar-refractivity contribution < 1.29 is 19.0 Å². The first-order valence-corrected chi connectivity index (χ1v) is 6.46. The molecule has 0 aliphatic heterocycles. The number of ether oxygens (including phenoxy) is 3. The highest BCUT2D eigenvalue weighted by atomic mass is 16.7. The van der Waals surface area contributed by atoms with Crippen LogP contribution in [0.2, 0.25) is 0 Å². The quantitative estimate of drug-likeness (QED) is 0.608. The third kappa shape index (κ3) is 4.02. The molecule has 0 spiro atoms. The molecule has 2 aromatic rings. The minimum Gasteiger partial charge on any atom is -0.490 e. The Morgan fingerprint density at radius 3 is 2.25 bits per heavy atom. The van der Waals surface area contributed by atoms with Crippen LogP contribution in [0.4, 0.5) is 4.79 Å². The normalized spacial score (nSPS) is 9.85. The number of benzene rings is 2. The molecule has 104 valence electrons. The second kappa shape index (κ2) is 7.19. The van der Waals surface area contributed by atoms with Gasteiger partial charge in [0.1, 0.15) is 5.75 Å². The van der Waals surface area contributed by atoms with Crippen molar-refractivity contribution in [2.45, 2.75) is 13.3 Å². The van der Waals surface area contributed by atoms with E-state index in [0.717, 1.165) is 6.42 Å². The molecule has 0 heterocycles. The van der Waals surface area contributed by atoms with Gasteiger partial charge in [-0.25, -0.2) is 4.79 Å². The van der Waals surface area contributed by atoms with Crippen molar-refractivity contribution in [1.29, 1.82) is 0 Å². The third-order valence-corrected chi connectivity index (χ3v) is 2.45. The average molecular weight is 272 g/mol. The van der Waals surface area contributed by atoms with E-state index in [0.29, 0.717) is 23.9 Å². The SMILES string of the molecule is CCCOc1ccccc1OC(=O)Oc1ccccc1. The fourth-order valence-electron chi connectivity index (χ4n) is 1.56. The molecule has 0 unspecified atom stereocenters. The van der Waals surface area contributed by atoms with E-state index < -0.39 is 6.16 Å². The molecule has 0 saturated carbocycles. The molecule has 0 atom stereocenters. The lowest BCUT2D eigenvalue weighted by atomic mass is 10.3. The number of carbonyl (C=O) groups is 1. The Bertz CT molecular complexity index is 551. The van der Waals surface area contributed by atoms with Gasteiger partial charge in [0.25, 0.3) is 0 Å². The van der Waals surface area contributed by atoms with E-state index >= 15 is 0 Å². The lowest BCUT2D eigenvalue weighted by Gasteiger charge is -2.10. The molecule has 0 aliphatic rings. The van der Waals surface area contributed by atoms with E-state index in [1.165, 1.54) is 0 Å². The maximum absolute atomic E-state index is 11.7. The number of hydrogen-bond acceptors (Lipinski definition) is 4. The fraction of sp³-hybridized carbons (Fsp3) is 0.188. The summed E-state index contributed by atoms with van der Waals surface area (Å²) in [5.41, 5.74) is 0. The predicted octanol–water partition coefficient (Wildman–Crippen LogP) is 4.05. The van der Waals surface area contributed by atoms with Gasteiger partial charge in [0, 0.05) is 0 Å². The van der Waals surface area contributed by atoms with Gasteiger partial charge in [0.05, 0.1) is 6.61 Å². The lowest BCUT2D eigenvalue weighted by Crippen LogP contribution is -2.14. The Balaban J connectivity index is 2.00. The molecule has 0 bridgehead atoms. The molecule has 2 rings (SSSR count). The van der Waals surface area contributed by atoms with Gasteiger partial charge in [-0.2, -0.15) is 0 Å². The zero-order valence-corrected chi connectivity index (χ0v) is 11.2. The Hall–Kier alpha value is -2.49. The van der Waals surface area contributed by atoms with Crippen LogP contribution in [-0.2, 0) is 0 Å². The Morgan fingerprint density at radius 1 is 0.900 bits per heavy atom. The summed E-state index contributed by atoms with van der Waals surface area (Å²) < 4.78 is 15.7. The van der Waals surface area contributed by atoms with Crippen LogP contribution >= 0.6 is 0 Å². The molecule has 2 aromatic carbocycles. The van der Waals surface area contributed by atoms with Crippen LogP contribution in [0, 0.1) is 0 Å². The lowest BCUT2D eigenvalue weighted by molar-refractivity contribution is 0.149. The first-order chi connectivity index (χ1) is 9.79. The smallest absolute Gasteiger partial charge is 0.490 e. The molecule has 0 aliphatic carbocycles. The maximum atomic E-state index is 11.7. The first kappa shape index (κ1) is 13.9. The molecule has 20 heavy (non-hydrogen) atoms. The van der Waals surface area contributed by atoms with Crippen LogP contribution in [-0.4, -0.2) is 12.8 Å². The van der Waals surface area contributed by atoms with Crippen molar-refractivity contribution in [2.75, 3.05) is 6.61 Å². The molecule has 0 N–H and O–H groups in total. The van der Waals surface area contributed by atoms with Crippen molar-refractivity contribution >= 4 is 6.16 Å². The molecule has 4 heteroatoms. The summed E-state index contributed by atoms with van der Waals surface area (Å²) in [6, 6.07) is 15.8. The Kier molecular flexibility index (Phi) is 5.00. The molecule has 0 aromatic heterocycles.